The van der Waals surface area contributed by atoms with E-state index in [4.69, 9.17) is 4.42 Å². The van der Waals surface area contributed by atoms with Crippen molar-refractivity contribution >= 4 is 17.2 Å². The van der Waals surface area contributed by atoms with Crippen molar-refractivity contribution < 1.29 is 21.8 Å². The molecule has 7 heteroatoms. The molecule has 0 amide bonds. The van der Waals surface area contributed by atoms with E-state index in [1.165, 1.54) is 18.3 Å². The number of nitrogens with zero attached hydrogens (tertiary/aromatic N) is 1. The molecule has 0 unspecified atom stereocenters. The maximum Gasteiger partial charge on any atom is 0.416 e. The summed E-state index contributed by atoms with van der Waals surface area (Å²) in [5, 5.41) is 0. The van der Waals surface area contributed by atoms with Gasteiger partial charge in [0.1, 0.15) is 22.5 Å². The van der Waals surface area contributed by atoms with Gasteiger partial charge in [-0.05, 0) is 45.0 Å². The van der Waals surface area contributed by atoms with Crippen molar-refractivity contribution in [1.82, 2.24) is 0 Å². The largest absolute Gasteiger partial charge is 0.455 e. The highest BCUT2D eigenvalue weighted by atomic mass is 32.2. The Morgan fingerprint density at radius 3 is 2.43 bits per heavy atom. The van der Waals surface area contributed by atoms with Crippen LogP contribution in [0.15, 0.2) is 45.2 Å². The van der Waals surface area contributed by atoms with E-state index in [2.05, 4.69) is 4.40 Å². The predicted molar refractivity (Wildman–Crippen MR) is 84.6 cm³/mol. The van der Waals surface area contributed by atoms with E-state index < -0.39 is 27.5 Å². The fraction of sp³-hybridized carbons (Fsp3) is 0.312. The standard InChI is InChI=1S/C16H16F3NO2S/c1-15(2,3)23(21)20-10-13-7-8-14(22-13)11-5-4-6-12(9-11)16(17,18)19/h4-10H,1-3H3/b20-10+/t23-/m1/s1. The van der Waals surface area contributed by atoms with Crippen LogP contribution in [0.1, 0.15) is 32.1 Å². The summed E-state index contributed by atoms with van der Waals surface area (Å²) in [6, 6.07) is 8.00. The second kappa shape index (κ2) is 6.31. The van der Waals surface area contributed by atoms with Gasteiger partial charge < -0.3 is 4.42 Å². The van der Waals surface area contributed by atoms with Crippen molar-refractivity contribution in [2.24, 2.45) is 4.40 Å². The molecular formula is C16H16F3NO2S. The van der Waals surface area contributed by atoms with Crippen LogP contribution in [0.4, 0.5) is 13.2 Å². The third-order valence-corrected chi connectivity index (χ3v) is 4.25. The van der Waals surface area contributed by atoms with Crippen LogP contribution in [-0.4, -0.2) is 15.2 Å². The number of halogens is 3. The van der Waals surface area contributed by atoms with Gasteiger partial charge in [0.05, 0.1) is 16.5 Å². The van der Waals surface area contributed by atoms with Gasteiger partial charge in [0, 0.05) is 5.56 Å². The Bertz CT molecular complexity index is 742. The fourth-order valence-corrected chi connectivity index (χ4v) is 2.20. The lowest BCUT2D eigenvalue weighted by atomic mass is 10.1. The molecule has 124 valence electrons. The van der Waals surface area contributed by atoms with Gasteiger partial charge in [0.2, 0.25) is 0 Å². The van der Waals surface area contributed by atoms with Gasteiger partial charge in [-0.1, -0.05) is 12.1 Å². The van der Waals surface area contributed by atoms with E-state index in [1.54, 1.807) is 32.9 Å². The topological polar surface area (TPSA) is 42.6 Å². The smallest absolute Gasteiger partial charge is 0.416 e. The first-order chi connectivity index (χ1) is 10.6. The van der Waals surface area contributed by atoms with Crippen molar-refractivity contribution in [2.45, 2.75) is 31.7 Å². The van der Waals surface area contributed by atoms with Crippen LogP contribution in [0.5, 0.6) is 0 Å². The van der Waals surface area contributed by atoms with Crippen molar-refractivity contribution in [3.8, 4) is 11.3 Å². The van der Waals surface area contributed by atoms with Crippen LogP contribution in [-0.2, 0) is 17.2 Å². The van der Waals surface area contributed by atoms with Crippen LogP contribution in [0.3, 0.4) is 0 Å². The molecular weight excluding hydrogens is 327 g/mol. The zero-order valence-electron chi connectivity index (χ0n) is 12.8. The highest BCUT2D eigenvalue weighted by Gasteiger charge is 2.30. The summed E-state index contributed by atoms with van der Waals surface area (Å²) in [6.07, 6.45) is -3.09. The summed E-state index contributed by atoms with van der Waals surface area (Å²) in [6.45, 7) is 5.37. The quantitative estimate of drug-likeness (QED) is 0.748. The molecule has 2 aromatic rings. The molecule has 1 heterocycles. The van der Waals surface area contributed by atoms with E-state index in [1.807, 2.05) is 0 Å². The van der Waals surface area contributed by atoms with Crippen molar-refractivity contribution in [3.05, 3.63) is 47.7 Å². The Balaban J connectivity index is 2.23. The van der Waals surface area contributed by atoms with E-state index in [-0.39, 0.29) is 0 Å². The van der Waals surface area contributed by atoms with E-state index >= 15 is 0 Å². The Morgan fingerprint density at radius 2 is 1.83 bits per heavy atom. The summed E-state index contributed by atoms with van der Waals surface area (Å²) in [5.74, 6) is 0.620. The highest BCUT2D eigenvalue weighted by molar-refractivity contribution is 7.85. The molecule has 0 N–H and O–H groups in total. The molecule has 0 aliphatic rings. The van der Waals surface area contributed by atoms with Gasteiger partial charge in [-0.2, -0.15) is 17.6 Å². The maximum atomic E-state index is 12.7. The first-order valence-corrected chi connectivity index (χ1v) is 7.91. The number of alkyl halides is 3. The Labute approximate surface area is 134 Å². The lowest BCUT2D eigenvalue weighted by molar-refractivity contribution is -0.137. The average Bonchev–Trinajstić information content (AvgIpc) is 2.92. The summed E-state index contributed by atoms with van der Waals surface area (Å²) < 4.78 is 58.8. The first-order valence-electron chi connectivity index (χ1n) is 6.81. The number of hydrogen-bond donors (Lipinski definition) is 0. The second-order valence-corrected chi connectivity index (χ2v) is 7.81. The Hall–Kier alpha value is -1.89. The number of benzene rings is 1. The molecule has 1 aromatic heterocycles. The van der Waals surface area contributed by atoms with Gasteiger partial charge in [0.15, 0.2) is 0 Å². The summed E-state index contributed by atoms with van der Waals surface area (Å²) >= 11 is 0. The van der Waals surface area contributed by atoms with Crippen LogP contribution >= 0.6 is 0 Å². The van der Waals surface area contributed by atoms with E-state index in [0.717, 1.165) is 12.1 Å². The molecule has 0 aliphatic carbocycles. The minimum Gasteiger partial charge on any atom is -0.455 e. The molecule has 23 heavy (non-hydrogen) atoms. The van der Waals surface area contributed by atoms with Gasteiger partial charge in [0.25, 0.3) is 0 Å². The van der Waals surface area contributed by atoms with E-state index in [9.17, 15) is 17.4 Å². The highest BCUT2D eigenvalue weighted by Crippen LogP contribution is 2.32. The summed E-state index contributed by atoms with van der Waals surface area (Å²) in [7, 11) is -1.43. The summed E-state index contributed by atoms with van der Waals surface area (Å²) in [4.78, 5) is 0. The van der Waals surface area contributed by atoms with Gasteiger partial charge >= 0.3 is 6.18 Å². The zero-order valence-corrected chi connectivity index (χ0v) is 13.7. The van der Waals surface area contributed by atoms with Crippen LogP contribution in [0.2, 0.25) is 0 Å². The zero-order chi connectivity index (χ0) is 17.3. The first kappa shape index (κ1) is 17.5. The Morgan fingerprint density at radius 1 is 1.13 bits per heavy atom. The molecule has 0 fully saturated rings. The number of hydrogen-bond acceptors (Lipinski definition) is 2. The third-order valence-electron chi connectivity index (χ3n) is 2.90. The lowest BCUT2D eigenvalue weighted by Gasteiger charge is -2.12. The summed E-state index contributed by atoms with van der Waals surface area (Å²) in [5.41, 5.74) is -0.424. The predicted octanol–water partition coefficient (Wildman–Crippen LogP) is 4.85. The molecule has 0 aliphatic heterocycles. The average molecular weight is 343 g/mol. The maximum absolute atomic E-state index is 12.7. The monoisotopic (exact) mass is 343 g/mol. The molecule has 1 aromatic carbocycles. The van der Waals surface area contributed by atoms with Crippen LogP contribution in [0, 0.1) is 0 Å². The second-order valence-electron chi connectivity index (χ2n) is 5.88. The molecule has 1 atom stereocenters. The van der Waals surface area contributed by atoms with Crippen LogP contribution < -0.4 is 0 Å². The van der Waals surface area contributed by atoms with Crippen molar-refractivity contribution in [2.75, 3.05) is 0 Å². The van der Waals surface area contributed by atoms with Gasteiger partial charge in [-0.15, -0.1) is 0 Å². The fourth-order valence-electron chi connectivity index (χ4n) is 1.68. The number of rotatable bonds is 3. The van der Waals surface area contributed by atoms with Crippen molar-refractivity contribution in [1.29, 1.82) is 0 Å². The molecule has 3 nitrogen and oxygen atoms in total. The SMILES string of the molecule is CC(C)(C)[S@@](=O)/N=C/c1ccc(-c2cccc(C(F)(F)F)c2)o1. The molecule has 0 spiro atoms. The lowest BCUT2D eigenvalue weighted by Crippen LogP contribution is -2.19. The molecule has 0 saturated carbocycles. The van der Waals surface area contributed by atoms with E-state index in [0.29, 0.717) is 17.1 Å². The van der Waals surface area contributed by atoms with Crippen LogP contribution in [0.25, 0.3) is 11.3 Å². The molecule has 0 bridgehead atoms. The van der Waals surface area contributed by atoms with Gasteiger partial charge in [-0.25, -0.2) is 4.21 Å². The minimum absolute atomic E-state index is 0.291. The Kier molecular flexibility index (Phi) is 4.79. The molecule has 2 rings (SSSR count). The van der Waals surface area contributed by atoms with Gasteiger partial charge in [-0.3, -0.25) is 0 Å². The molecule has 0 radical (unpaired) electrons. The number of furan rings is 1. The third kappa shape index (κ3) is 4.54. The minimum atomic E-state index is -4.41. The van der Waals surface area contributed by atoms with Crippen molar-refractivity contribution in [3.63, 3.8) is 0 Å². The molecule has 0 saturated heterocycles. The normalized spacial score (nSPS) is 14.3.